The summed E-state index contributed by atoms with van der Waals surface area (Å²) in [6, 6.07) is 7.75. The normalized spacial score (nSPS) is 19.6. The summed E-state index contributed by atoms with van der Waals surface area (Å²) in [4.78, 5) is 13.9. The third-order valence-electron chi connectivity index (χ3n) is 2.94. The van der Waals surface area contributed by atoms with Crippen LogP contribution >= 0.6 is 11.8 Å². The monoisotopic (exact) mass is 251 g/mol. The van der Waals surface area contributed by atoms with Crippen molar-refractivity contribution in [3.63, 3.8) is 0 Å². The highest BCUT2D eigenvalue weighted by Gasteiger charge is 2.25. The van der Waals surface area contributed by atoms with Crippen molar-refractivity contribution in [2.45, 2.75) is 18.3 Å². The summed E-state index contributed by atoms with van der Waals surface area (Å²) in [7, 11) is 0. The number of β-amino-alcohol motifs (C(OH)–C–C–N with tert-alkyl or cyclic N) is 1. The maximum Gasteiger partial charge on any atom is 0.253 e. The molecule has 2 rings (SSSR count). The van der Waals surface area contributed by atoms with Crippen LogP contribution in [0.2, 0.25) is 0 Å². The zero-order valence-electron chi connectivity index (χ0n) is 9.93. The number of nitrogens with zero attached hydrogens (tertiary/aromatic N) is 1. The Kier molecular flexibility index (Phi) is 4.07. The second-order valence-corrected chi connectivity index (χ2v) is 5.19. The molecular formula is C13H17NO2S. The van der Waals surface area contributed by atoms with Gasteiger partial charge in [-0.3, -0.25) is 4.79 Å². The third kappa shape index (κ3) is 3.01. The molecule has 1 amide bonds. The lowest BCUT2D eigenvalue weighted by atomic mass is 10.1. The van der Waals surface area contributed by atoms with Crippen molar-refractivity contribution >= 4 is 17.7 Å². The first-order chi connectivity index (χ1) is 8.20. The van der Waals surface area contributed by atoms with E-state index in [9.17, 15) is 9.90 Å². The molecule has 0 spiro atoms. The first-order valence-corrected chi connectivity index (χ1v) is 7.15. The molecule has 1 heterocycles. The van der Waals surface area contributed by atoms with Crippen molar-refractivity contribution in [3.05, 3.63) is 35.4 Å². The lowest BCUT2D eigenvalue weighted by Crippen LogP contribution is -2.29. The van der Waals surface area contributed by atoms with Gasteiger partial charge in [-0.1, -0.05) is 12.1 Å². The van der Waals surface area contributed by atoms with Crippen LogP contribution in [0.1, 0.15) is 22.3 Å². The van der Waals surface area contributed by atoms with E-state index in [0.29, 0.717) is 19.5 Å². The summed E-state index contributed by atoms with van der Waals surface area (Å²) in [5.74, 6) is 0.952. The van der Waals surface area contributed by atoms with Gasteiger partial charge in [-0.15, -0.1) is 0 Å². The second kappa shape index (κ2) is 5.56. The first kappa shape index (κ1) is 12.5. The highest BCUT2D eigenvalue weighted by molar-refractivity contribution is 7.97. The number of hydrogen-bond acceptors (Lipinski definition) is 3. The smallest absolute Gasteiger partial charge is 0.253 e. The van der Waals surface area contributed by atoms with Gasteiger partial charge in [0.2, 0.25) is 0 Å². The molecule has 1 aliphatic heterocycles. The minimum absolute atomic E-state index is 0.0319. The standard InChI is InChI=1S/C13H17NO2S/c1-17-9-10-3-2-4-11(7-10)13(16)14-6-5-12(15)8-14/h2-4,7,12,15H,5-6,8-9H2,1H3. The highest BCUT2D eigenvalue weighted by Crippen LogP contribution is 2.16. The zero-order chi connectivity index (χ0) is 12.3. The molecule has 0 aliphatic carbocycles. The lowest BCUT2D eigenvalue weighted by molar-refractivity contribution is 0.0765. The highest BCUT2D eigenvalue weighted by atomic mass is 32.2. The van der Waals surface area contributed by atoms with Crippen LogP contribution in [0.4, 0.5) is 0 Å². The van der Waals surface area contributed by atoms with Crippen molar-refractivity contribution in [1.82, 2.24) is 4.90 Å². The SMILES string of the molecule is CSCc1cccc(C(=O)N2CCC(O)C2)c1. The molecule has 0 aromatic heterocycles. The molecule has 17 heavy (non-hydrogen) atoms. The van der Waals surface area contributed by atoms with Gasteiger partial charge in [0.15, 0.2) is 0 Å². The van der Waals surface area contributed by atoms with E-state index in [2.05, 4.69) is 0 Å². The van der Waals surface area contributed by atoms with Gasteiger partial charge in [0.1, 0.15) is 0 Å². The molecule has 0 radical (unpaired) electrons. The summed E-state index contributed by atoms with van der Waals surface area (Å²) in [6.07, 6.45) is 2.38. The van der Waals surface area contributed by atoms with Gasteiger partial charge in [0.25, 0.3) is 5.91 Å². The first-order valence-electron chi connectivity index (χ1n) is 5.76. The van der Waals surface area contributed by atoms with Gasteiger partial charge in [-0.05, 0) is 30.4 Å². The Labute approximate surface area is 106 Å². The number of aliphatic hydroxyl groups is 1. The average Bonchev–Trinajstić information content (AvgIpc) is 2.76. The van der Waals surface area contributed by atoms with E-state index in [1.807, 2.05) is 30.5 Å². The molecule has 1 aliphatic rings. The van der Waals surface area contributed by atoms with Gasteiger partial charge >= 0.3 is 0 Å². The molecule has 0 saturated carbocycles. The largest absolute Gasteiger partial charge is 0.391 e. The molecular weight excluding hydrogens is 234 g/mol. The molecule has 1 N–H and O–H groups in total. The topological polar surface area (TPSA) is 40.5 Å². The van der Waals surface area contributed by atoms with E-state index in [4.69, 9.17) is 0 Å². The Balaban J connectivity index is 2.10. The Morgan fingerprint density at radius 2 is 2.41 bits per heavy atom. The van der Waals surface area contributed by atoms with Crippen LogP contribution in [0.25, 0.3) is 0 Å². The van der Waals surface area contributed by atoms with Gasteiger partial charge in [-0.25, -0.2) is 0 Å². The van der Waals surface area contributed by atoms with Gasteiger partial charge in [-0.2, -0.15) is 11.8 Å². The van der Waals surface area contributed by atoms with Crippen molar-refractivity contribution in [2.24, 2.45) is 0 Å². The molecule has 1 aromatic rings. The molecule has 4 heteroatoms. The summed E-state index contributed by atoms with van der Waals surface area (Å²) in [5.41, 5.74) is 1.90. The predicted octanol–water partition coefficient (Wildman–Crippen LogP) is 1.76. The van der Waals surface area contributed by atoms with Gasteiger partial charge < -0.3 is 10.0 Å². The van der Waals surface area contributed by atoms with Crippen LogP contribution in [0.3, 0.4) is 0 Å². The molecule has 92 valence electrons. The number of rotatable bonds is 3. The van der Waals surface area contributed by atoms with E-state index in [1.54, 1.807) is 16.7 Å². The fourth-order valence-electron chi connectivity index (χ4n) is 2.07. The van der Waals surface area contributed by atoms with Crippen LogP contribution in [-0.4, -0.2) is 41.4 Å². The molecule has 1 atom stereocenters. The number of likely N-dealkylation sites (tertiary alicyclic amines) is 1. The summed E-state index contributed by atoms with van der Waals surface area (Å²) < 4.78 is 0. The maximum atomic E-state index is 12.2. The van der Waals surface area contributed by atoms with Crippen molar-refractivity contribution in [3.8, 4) is 0 Å². The van der Waals surface area contributed by atoms with Gasteiger partial charge in [0, 0.05) is 24.4 Å². The second-order valence-electron chi connectivity index (χ2n) is 4.33. The molecule has 1 unspecified atom stereocenters. The van der Waals surface area contributed by atoms with Crippen LogP contribution < -0.4 is 0 Å². The fraction of sp³-hybridized carbons (Fsp3) is 0.462. The molecule has 1 saturated heterocycles. The van der Waals surface area contributed by atoms with Crippen LogP contribution in [-0.2, 0) is 5.75 Å². The number of thioether (sulfide) groups is 1. The summed E-state index contributed by atoms with van der Waals surface area (Å²) >= 11 is 1.74. The van der Waals surface area contributed by atoms with Gasteiger partial charge in [0.05, 0.1) is 6.10 Å². The van der Waals surface area contributed by atoms with Crippen LogP contribution in [0.15, 0.2) is 24.3 Å². The van der Waals surface area contributed by atoms with Crippen molar-refractivity contribution in [1.29, 1.82) is 0 Å². The summed E-state index contributed by atoms with van der Waals surface area (Å²) in [5, 5.41) is 9.44. The molecule has 3 nitrogen and oxygen atoms in total. The minimum Gasteiger partial charge on any atom is -0.391 e. The Morgan fingerprint density at radius 1 is 1.59 bits per heavy atom. The van der Waals surface area contributed by atoms with E-state index in [0.717, 1.165) is 11.3 Å². The molecule has 1 fully saturated rings. The number of carbonyl (C=O) groups excluding carboxylic acids is 1. The van der Waals surface area contributed by atoms with Crippen molar-refractivity contribution < 1.29 is 9.90 Å². The minimum atomic E-state index is -0.353. The lowest BCUT2D eigenvalue weighted by Gasteiger charge is -2.15. The number of hydrogen-bond donors (Lipinski definition) is 1. The number of aliphatic hydroxyl groups excluding tert-OH is 1. The Morgan fingerprint density at radius 3 is 3.06 bits per heavy atom. The Bertz CT molecular complexity index is 408. The van der Waals surface area contributed by atoms with E-state index >= 15 is 0 Å². The fourth-order valence-corrected chi connectivity index (χ4v) is 2.58. The predicted molar refractivity (Wildman–Crippen MR) is 70.2 cm³/mol. The third-order valence-corrected chi connectivity index (χ3v) is 3.56. The van der Waals surface area contributed by atoms with Crippen LogP contribution in [0.5, 0.6) is 0 Å². The van der Waals surface area contributed by atoms with Crippen molar-refractivity contribution in [2.75, 3.05) is 19.3 Å². The van der Waals surface area contributed by atoms with Crippen LogP contribution in [0, 0.1) is 0 Å². The zero-order valence-corrected chi connectivity index (χ0v) is 10.7. The maximum absolute atomic E-state index is 12.2. The summed E-state index contributed by atoms with van der Waals surface area (Å²) in [6.45, 7) is 1.12. The Hall–Kier alpha value is -1.00. The number of amides is 1. The molecule has 1 aromatic carbocycles. The number of benzene rings is 1. The van der Waals surface area contributed by atoms with E-state index in [-0.39, 0.29) is 12.0 Å². The molecule has 0 bridgehead atoms. The number of carbonyl (C=O) groups is 1. The quantitative estimate of drug-likeness (QED) is 0.890. The van der Waals surface area contributed by atoms with E-state index < -0.39 is 0 Å². The van der Waals surface area contributed by atoms with E-state index in [1.165, 1.54) is 5.56 Å². The average molecular weight is 251 g/mol.